The summed E-state index contributed by atoms with van der Waals surface area (Å²) in [6.45, 7) is 8.59. The normalized spacial score (nSPS) is 13.1. The summed E-state index contributed by atoms with van der Waals surface area (Å²) in [4.78, 5) is 13.7. The summed E-state index contributed by atoms with van der Waals surface area (Å²) in [5, 5.41) is 2.21. The molecule has 1 unspecified atom stereocenters. The van der Waals surface area contributed by atoms with E-state index in [1.807, 2.05) is 36.0 Å². The van der Waals surface area contributed by atoms with Crippen LogP contribution >= 0.6 is 11.8 Å². The van der Waals surface area contributed by atoms with E-state index in [0.29, 0.717) is 6.42 Å². The molecule has 4 aromatic carbocycles. The molecule has 0 heterocycles. The lowest BCUT2D eigenvalue weighted by atomic mass is 9.88. The van der Waals surface area contributed by atoms with Crippen LogP contribution in [0.2, 0.25) is 0 Å². The highest BCUT2D eigenvalue weighted by molar-refractivity contribution is 7.99. The highest BCUT2D eigenvalue weighted by Gasteiger charge is 2.31. The molecule has 32 heavy (non-hydrogen) atoms. The molecule has 0 aromatic heterocycles. The van der Waals surface area contributed by atoms with Crippen LogP contribution in [0.1, 0.15) is 51.5 Å². The quantitative estimate of drug-likeness (QED) is 0.271. The summed E-state index contributed by atoms with van der Waals surface area (Å²) in [7, 11) is 0. The minimum atomic E-state index is -0.324. The summed E-state index contributed by atoms with van der Waals surface area (Å²) in [6, 6.07) is 29.5. The number of thioether (sulfide) groups is 1. The zero-order valence-corrected chi connectivity index (χ0v) is 20.1. The third-order valence-electron chi connectivity index (χ3n) is 6.17. The first-order valence-electron chi connectivity index (χ1n) is 11.1. The minimum absolute atomic E-state index is 0.198. The number of carbonyl (C=O) groups excluding carboxylic acids is 1. The Morgan fingerprint density at radius 2 is 1.41 bits per heavy atom. The van der Waals surface area contributed by atoms with Crippen molar-refractivity contribution in [1.82, 2.24) is 0 Å². The number of Topliss-reactive ketones (excluding diaryl/α,β-unsaturated/α-hetero) is 1. The van der Waals surface area contributed by atoms with E-state index in [4.69, 9.17) is 0 Å². The van der Waals surface area contributed by atoms with Gasteiger partial charge in [-0.15, -0.1) is 11.8 Å². The topological polar surface area (TPSA) is 17.1 Å². The molecule has 4 aromatic rings. The second kappa shape index (κ2) is 9.34. The van der Waals surface area contributed by atoms with E-state index in [-0.39, 0.29) is 10.5 Å². The molecule has 0 spiro atoms. The van der Waals surface area contributed by atoms with E-state index in [1.54, 1.807) is 0 Å². The van der Waals surface area contributed by atoms with Crippen LogP contribution in [-0.2, 0) is 10.5 Å². The van der Waals surface area contributed by atoms with Crippen molar-refractivity contribution >= 4 is 28.3 Å². The molecule has 2 heteroatoms. The average Bonchev–Trinajstić information content (AvgIpc) is 2.78. The highest BCUT2D eigenvalue weighted by Crippen LogP contribution is 2.43. The molecule has 4 rings (SSSR count). The first-order chi connectivity index (χ1) is 15.4. The van der Waals surface area contributed by atoms with Crippen molar-refractivity contribution < 1.29 is 4.79 Å². The zero-order valence-electron chi connectivity index (χ0n) is 19.3. The molecule has 0 aliphatic heterocycles. The van der Waals surface area contributed by atoms with Crippen molar-refractivity contribution in [2.45, 2.75) is 44.6 Å². The zero-order chi connectivity index (χ0) is 22.7. The van der Waals surface area contributed by atoms with Crippen LogP contribution in [0.25, 0.3) is 10.8 Å². The van der Waals surface area contributed by atoms with Gasteiger partial charge in [-0.2, -0.15) is 0 Å². The van der Waals surface area contributed by atoms with Crippen LogP contribution in [0.5, 0.6) is 0 Å². The van der Waals surface area contributed by atoms with Gasteiger partial charge in [0.25, 0.3) is 0 Å². The lowest BCUT2D eigenvalue weighted by Crippen LogP contribution is -2.23. The maximum atomic E-state index is 13.7. The van der Waals surface area contributed by atoms with Crippen LogP contribution in [-0.4, -0.2) is 5.78 Å². The first kappa shape index (κ1) is 22.4. The number of carbonyl (C=O) groups is 1. The maximum absolute atomic E-state index is 13.7. The fourth-order valence-electron chi connectivity index (χ4n) is 4.43. The first-order valence-corrected chi connectivity index (χ1v) is 12.1. The SMILES string of the molecule is Cc1cc(C)cc(C(C)(CC(=O)c2ccc(C)c3ccccc23)SCc2ccccc2)c1. The van der Waals surface area contributed by atoms with Crippen LogP contribution in [0.4, 0.5) is 0 Å². The fourth-order valence-corrected chi connectivity index (χ4v) is 5.62. The minimum Gasteiger partial charge on any atom is -0.294 e. The Labute approximate surface area is 195 Å². The highest BCUT2D eigenvalue weighted by atomic mass is 32.2. The van der Waals surface area contributed by atoms with Gasteiger partial charge >= 0.3 is 0 Å². The van der Waals surface area contributed by atoms with Crippen molar-refractivity contribution in [3.05, 3.63) is 118 Å². The van der Waals surface area contributed by atoms with Gasteiger partial charge in [-0.05, 0) is 55.2 Å². The van der Waals surface area contributed by atoms with Crippen LogP contribution in [0, 0.1) is 20.8 Å². The predicted octanol–water partition coefficient (Wildman–Crippen LogP) is 8.19. The molecule has 0 fully saturated rings. The number of aryl methyl sites for hydroxylation is 3. The summed E-state index contributed by atoms with van der Waals surface area (Å²) >= 11 is 1.86. The Kier molecular flexibility index (Phi) is 6.53. The van der Waals surface area contributed by atoms with Crippen LogP contribution in [0.15, 0.2) is 84.9 Å². The van der Waals surface area contributed by atoms with Gasteiger partial charge in [-0.3, -0.25) is 4.79 Å². The molecular weight excluding hydrogens is 408 g/mol. The van der Waals surface area contributed by atoms with E-state index in [1.165, 1.54) is 27.8 Å². The lowest BCUT2D eigenvalue weighted by Gasteiger charge is -2.30. The Bertz CT molecular complexity index is 1240. The number of rotatable bonds is 7. The number of benzene rings is 4. The molecule has 0 saturated carbocycles. The third-order valence-corrected chi connectivity index (χ3v) is 7.67. The van der Waals surface area contributed by atoms with Crippen molar-refractivity contribution in [3.63, 3.8) is 0 Å². The summed E-state index contributed by atoms with van der Waals surface area (Å²) in [5.41, 5.74) is 7.00. The predicted molar refractivity (Wildman–Crippen MR) is 139 cm³/mol. The van der Waals surface area contributed by atoms with Crippen LogP contribution < -0.4 is 0 Å². The van der Waals surface area contributed by atoms with E-state index in [2.05, 4.69) is 88.4 Å². The Hall–Kier alpha value is -2.84. The second-order valence-electron chi connectivity index (χ2n) is 8.96. The standard InChI is InChI=1S/C30H30OS/c1-21-16-22(2)18-25(17-21)30(4,32-20-24-10-6-5-7-11-24)19-29(31)28-15-14-23(3)26-12-8-9-13-27(26)28/h5-18H,19-20H2,1-4H3. The molecule has 1 atom stereocenters. The third kappa shape index (κ3) is 4.81. The molecule has 162 valence electrons. The maximum Gasteiger partial charge on any atom is 0.165 e. The van der Waals surface area contributed by atoms with Gasteiger partial charge in [0, 0.05) is 22.5 Å². The van der Waals surface area contributed by atoms with Gasteiger partial charge in [0.1, 0.15) is 0 Å². The van der Waals surface area contributed by atoms with E-state index in [0.717, 1.165) is 22.1 Å². The Balaban J connectivity index is 1.72. The number of hydrogen-bond acceptors (Lipinski definition) is 2. The van der Waals surface area contributed by atoms with Crippen molar-refractivity contribution in [2.24, 2.45) is 0 Å². The monoisotopic (exact) mass is 438 g/mol. The Morgan fingerprint density at radius 3 is 2.09 bits per heavy atom. The van der Waals surface area contributed by atoms with Gasteiger partial charge in [0.05, 0.1) is 0 Å². The number of fused-ring (bicyclic) bond motifs is 1. The average molecular weight is 439 g/mol. The number of hydrogen-bond donors (Lipinski definition) is 0. The molecule has 0 amide bonds. The van der Waals surface area contributed by atoms with E-state index >= 15 is 0 Å². The second-order valence-corrected chi connectivity index (χ2v) is 10.4. The van der Waals surface area contributed by atoms with Crippen LogP contribution in [0.3, 0.4) is 0 Å². The largest absolute Gasteiger partial charge is 0.294 e. The molecule has 0 aliphatic rings. The fraction of sp³-hybridized carbons (Fsp3) is 0.233. The van der Waals surface area contributed by atoms with Gasteiger partial charge in [-0.1, -0.05) is 96.1 Å². The molecule has 0 N–H and O–H groups in total. The van der Waals surface area contributed by atoms with Crippen molar-refractivity contribution in [3.8, 4) is 0 Å². The lowest BCUT2D eigenvalue weighted by molar-refractivity contribution is 0.0972. The van der Waals surface area contributed by atoms with Crippen molar-refractivity contribution in [2.75, 3.05) is 0 Å². The molecular formula is C30H30OS. The smallest absolute Gasteiger partial charge is 0.165 e. The molecule has 0 aliphatic carbocycles. The van der Waals surface area contributed by atoms with Gasteiger partial charge in [0.2, 0.25) is 0 Å². The van der Waals surface area contributed by atoms with E-state index < -0.39 is 0 Å². The number of ketones is 1. The molecule has 1 nitrogen and oxygen atoms in total. The molecule has 0 saturated heterocycles. The van der Waals surface area contributed by atoms with Gasteiger partial charge < -0.3 is 0 Å². The van der Waals surface area contributed by atoms with Crippen molar-refractivity contribution in [1.29, 1.82) is 0 Å². The Morgan fingerprint density at radius 1 is 0.781 bits per heavy atom. The van der Waals surface area contributed by atoms with E-state index in [9.17, 15) is 4.79 Å². The van der Waals surface area contributed by atoms with Gasteiger partial charge in [-0.25, -0.2) is 0 Å². The summed E-state index contributed by atoms with van der Waals surface area (Å²) < 4.78 is -0.324. The summed E-state index contributed by atoms with van der Waals surface area (Å²) in [6.07, 6.45) is 0.459. The van der Waals surface area contributed by atoms with Gasteiger partial charge in [0.15, 0.2) is 5.78 Å². The molecule has 0 radical (unpaired) electrons. The molecule has 0 bridgehead atoms. The summed E-state index contributed by atoms with van der Waals surface area (Å²) in [5.74, 6) is 1.06.